The normalized spacial score (nSPS) is 18.0. The Balaban J connectivity index is -0.000000315. The molecule has 14 heteroatoms. The molecule has 62 heavy (non-hydrogen) atoms. The van der Waals surface area contributed by atoms with Crippen molar-refractivity contribution in [1.82, 2.24) is 39.2 Å². The van der Waals surface area contributed by atoms with Gasteiger partial charge < -0.3 is 39.2 Å². The van der Waals surface area contributed by atoms with Crippen molar-refractivity contribution < 1.29 is 28.8 Å². The predicted molar refractivity (Wildman–Crippen MR) is 260 cm³/mol. The van der Waals surface area contributed by atoms with Crippen LogP contribution in [-0.2, 0) is 28.8 Å². The molecule has 6 amide bonds. The van der Waals surface area contributed by atoms with Crippen LogP contribution in [0, 0.1) is 0 Å². The smallest absolute Gasteiger partial charge is 0.219 e. The van der Waals surface area contributed by atoms with Crippen molar-refractivity contribution in [3.63, 3.8) is 0 Å². The van der Waals surface area contributed by atoms with Crippen LogP contribution in [0.4, 0.5) is 0 Å². The molecule has 6 aliphatic heterocycles. The van der Waals surface area contributed by atoms with E-state index in [1.807, 2.05) is 84.8 Å². The number of hydrogen-bond donors (Lipinski definition) is 0. The molecule has 6 aliphatic rings. The van der Waals surface area contributed by atoms with Crippen LogP contribution in [-0.4, -0.2) is 193 Å². The van der Waals surface area contributed by atoms with Crippen LogP contribution in [0.25, 0.3) is 0 Å². The molecule has 0 bridgehead atoms. The van der Waals surface area contributed by atoms with E-state index >= 15 is 0 Å². The van der Waals surface area contributed by atoms with Crippen molar-refractivity contribution in [2.24, 2.45) is 0 Å². The third-order valence-electron chi connectivity index (χ3n) is 10.6. The standard InChI is InChI=1S/2C7H14N2O.2C7H13NO.2C6H11NO.4C2H6/c2*1-7(10)9-5-3-8(2)4-6-9;2*1-7(9)8-5-3-2-4-6-8;2*1-6(8)7-4-2-3-5-7;4*1-2/h2*3-6H2,1-2H3;2*2-6H2,1H3;2*2-5H2,1H3;4*1-2H3. The van der Waals surface area contributed by atoms with Gasteiger partial charge in [0, 0.05) is 146 Å². The summed E-state index contributed by atoms with van der Waals surface area (Å²) >= 11 is 0. The molecular weight excluding hydrogens is 785 g/mol. The van der Waals surface area contributed by atoms with E-state index in [0.29, 0.717) is 0 Å². The van der Waals surface area contributed by atoms with Crippen molar-refractivity contribution in [1.29, 1.82) is 0 Å². The highest BCUT2D eigenvalue weighted by Gasteiger charge is 2.17. The van der Waals surface area contributed by atoms with E-state index in [0.717, 1.165) is 105 Å². The van der Waals surface area contributed by atoms with E-state index in [2.05, 4.69) is 23.9 Å². The van der Waals surface area contributed by atoms with Gasteiger partial charge in [0.05, 0.1) is 0 Å². The van der Waals surface area contributed by atoms with Gasteiger partial charge in [0.15, 0.2) is 0 Å². The fourth-order valence-electron chi connectivity index (χ4n) is 6.72. The van der Waals surface area contributed by atoms with E-state index in [9.17, 15) is 28.8 Å². The maximum atomic E-state index is 10.8. The number of hydrogen-bond acceptors (Lipinski definition) is 8. The summed E-state index contributed by atoms with van der Waals surface area (Å²) in [5.41, 5.74) is 0. The highest BCUT2D eigenvalue weighted by molar-refractivity contribution is 5.75. The zero-order valence-corrected chi connectivity index (χ0v) is 43.4. The number of carbonyl (C=O) groups excluding carboxylic acids is 6. The summed E-state index contributed by atoms with van der Waals surface area (Å²) in [5.74, 6) is 1.32. The molecule has 0 aromatic rings. The summed E-state index contributed by atoms with van der Waals surface area (Å²) in [6, 6.07) is 0. The van der Waals surface area contributed by atoms with Gasteiger partial charge in [0.25, 0.3) is 0 Å². The summed E-state index contributed by atoms with van der Waals surface area (Å²) in [4.78, 5) is 80.1. The zero-order valence-electron chi connectivity index (χ0n) is 43.4. The van der Waals surface area contributed by atoms with Crippen LogP contribution in [0.1, 0.15) is 161 Å². The van der Waals surface area contributed by atoms with Crippen molar-refractivity contribution in [3.05, 3.63) is 0 Å². The first kappa shape index (κ1) is 65.4. The molecular formula is C48H100N8O6. The molecule has 0 atom stereocenters. The Morgan fingerprint density at radius 3 is 0.484 bits per heavy atom. The Bertz CT molecular complexity index is 1020. The average molecular weight is 885 g/mol. The Morgan fingerprint density at radius 1 is 0.226 bits per heavy atom. The van der Waals surface area contributed by atoms with Crippen LogP contribution in [0.3, 0.4) is 0 Å². The van der Waals surface area contributed by atoms with E-state index in [1.54, 1.807) is 41.5 Å². The number of rotatable bonds is 0. The van der Waals surface area contributed by atoms with Gasteiger partial charge in [0.2, 0.25) is 35.4 Å². The largest absolute Gasteiger partial charge is 0.343 e. The van der Waals surface area contributed by atoms with Crippen LogP contribution in [0.15, 0.2) is 0 Å². The molecule has 6 rings (SSSR count). The molecule has 368 valence electrons. The summed E-state index contributed by atoms with van der Waals surface area (Å²) in [5, 5.41) is 0. The third kappa shape index (κ3) is 35.2. The van der Waals surface area contributed by atoms with Gasteiger partial charge in [-0.15, -0.1) is 0 Å². The van der Waals surface area contributed by atoms with Crippen LogP contribution >= 0.6 is 0 Å². The first-order valence-electron chi connectivity index (χ1n) is 24.5. The van der Waals surface area contributed by atoms with Gasteiger partial charge in [0.1, 0.15) is 0 Å². The number of carbonyl (C=O) groups is 6. The number of nitrogens with zero attached hydrogens (tertiary/aromatic N) is 8. The second-order valence-corrected chi connectivity index (χ2v) is 15.2. The van der Waals surface area contributed by atoms with Crippen LogP contribution < -0.4 is 0 Å². The monoisotopic (exact) mass is 885 g/mol. The van der Waals surface area contributed by atoms with Gasteiger partial charge in [-0.2, -0.15) is 0 Å². The molecule has 6 heterocycles. The van der Waals surface area contributed by atoms with Crippen LogP contribution in [0.2, 0.25) is 0 Å². The molecule has 0 spiro atoms. The molecule has 6 saturated heterocycles. The molecule has 0 saturated carbocycles. The Kier molecular flexibility index (Phi) is 46.8. The summed E-state index contributed by atoms with van der Waals surface area (Å²) < 4.78 is 0. The van der Waals surface area contributed by atoms with Gasteiger partial charge in [-0.1, -0.05) is 55.4 Å². The quantitative estimate of drug-likeness (QED) is 0.256. The summed E-state index contributed by atoms with van der Waals surface area (Å²) in [7, 11) is 4.16. The highest BCUT2D eigenvalue weighted by atomic mass is 16.2. The van der Waals surface area contributed by atoms with Gasteiger partial charge in [-0.25, -0.2) is 0 Å². The fraction of sp³-hybridized carbons (Fsp3) is 0.875. The van der Waals surface area contributed by atoms with Gasteiger partial charge in [-0.3, -0.25) is 28.8 Å². The van der Waals surface area contributed by atoms with Crippen molar-refractivity contribution in [3.8, 4) is 0 Å². The van der Waals surface area contributed by atoms with E-state index < -0.39 is 0 Å². The molecule has 0 N–H and O–H groups in total. The Morgan fingerprint density at radius 2 is 0.355 bits per heavy atom. The van der Waals surface area contributed by atoms with E-state index in [1.165, 1.54) is 64.2 Å². The van der Waals surface area contributed by atoms with Crippen molar-refractivity contribution in [2.45, 2.75) is 161 Å². The molecule has 6 fully saturated rings. The van der Waals surface area contributed by atoms with Crippen molar-refractivity contribution >= 4 is 35.4 Å². The zero-order chi connectivity index (χ0) is 48.5. The number of likely N-dealkylation sites (N-methyl/N-ethyl adjacent to an activating group) is 2. The first-order chi connectivity index (χ1) is 29.6. The van der Waals surface area contributed by atoms with Crippen molar-refractivity contribution in [2.75, 3.05) is 119 Å². The minimum atomic E-state index is 0.202. The van der Waals surface area contributed by atoms with Gasteiger partial charge in [-0.05, 0) is 78.3 Å². The Hall–Kier alpha value is -3.26. The molecule has 0 radical (unpaired) electrons. The van der Waals surface area contributed by atoms with Crippen LogP contribution in [0.5, 0.6) is 0 Å². The van der Waals surface area contributed by atoms with Gasteiger partial charge >= 0.3 is 0 Å². The summed E-state index contributed by atoms with van der Waals surface area (Å²) in [6.45, 7) is 41.3. The molecule has 0 aliphatic carbocycles. The minimum Gasteiger partial charge on any atom is -0.343 e. The number of piperazine rings is 2. The lowest BCUT2D eigenvalue weighted by atomic mass is 10.1. The lowest BCUT2D eigenvalue weighted by molar-refractivity contribution is -0.131. The fourth-order valence-corrected chi connectivity index (χ4v) is 6.72. The average Bonchev–Trinajstić information content (AvgIpc) is 4.06. The lowest BCUT2D eigenvalue weighted by Crippen LogP contribution is -2.46. The molecule has 0 aromatic heterocycles. The third-order valence-corrected chi connectivity index (χ3v) is 10.6. The molecule has 14 nitrogen and oxygen atoms in total. The first-order valence-corrected chi connectivity index (χ1v) is 24.5. The highest BCUT2D eigenvalue weighted by Crippen LogP contribution is 2.09. The number of piperidine rings is 2. The topological polar surface area (TPSA) is 128 Å². The number of amides is 6. The maximum absolute atomic E-state index is 10.8. The second kappa shape index (κ2) is 44.4. The van der Waals surface area contributed by atoms with E-state index in [4.69, 9.17) is 0 Å². The maximum Gasteiger partial charge on any atom is 0.219 e. The SMILES string of the molecule is CC.CC.CC.CC.CC(=O)N1CCCC1.CC(=O)N1CCCC1.CC(=O)N1CCCCC1.CC(=O)N1CCCCC1.CC(=O)N1CCN(C)CC1.CC(=O)N1CCN(C)CC1. The predicted octanol–water partition coefficient (Wildman–Crippen LogP) is 6.96. The second-order valence-electron chi connectivity index (χ2n) is 15.2. The summed E-state index contributed by atoms with van der Waals surface area (Å²) in [6.07, 6.45) is 12.1. The number of likely N-dealkylation sites (tertiary alicyclic amines) is 4. The van der Waals surface area contributed by atoms with E-state index in [-0.39, 0.29) is 35.4 Å². The lowest BCUT2D eigenvalue weighted by Gasteiger charge is -2.31. The molecule has 0 aromatic carbocycles. The Labute approximate surface area is 382 Å². The molecule has 0 unspecified atom stereocenters. The minimum absolute atomic E-state index is 0.202.